The van der Waals surface area contributed by atoms with Crippen molar-refractivity contribution in [3.8, 4) is 5.75 Å². The third-order valence-corrected chi connectivity index (χ3v) is 2.75. The quantitative estimate of drug-likeness (QED) is 0.637. The summed E-state index contributed by atoms with van der Waals surface area (Å²) in [5.74, 6) is 0.637. The highest BCUT2D eigenvalue weighted by Gasteiger charge is 2.38. The Labute approximate surface area is 100.0 Å². The lowest BCUT2D eigenvalue weighted by Gasteiger charge is -2.04. The molecule has 0 aliphatic heterocycles. The van der Waals surface area contributed by atoms with Crippen LogP contribution < -0.4 is 10.1 Å². The molecular weight excluding hydrogens is 218 g/mol. The Morgan fingerprint density at radius 1 is 1.24 bits per heavy atom. The lowest BCUT2D eigenvalue weighted by molar-refractivity contribution is -0.131. The molecule has 4 nitrogen and oxygen atoms in total. The molecule has 0 saturated heterocycles. The van der Waals surface area contributed by atoms with Gasteiger partial charge in [0, 0.05) is 25.8 Å². The van der Waals surface area contributed by atoms with Crippen molar-refractivity contribution in [2.24, 2.45) is 0 Å². The van der Waals surface area contributed by atoms with Crippen molar-refractivity contribution in [2.75, 3.05) is 0 Å². The van der Waals surface area contributed by atoms with Crippen LogP contribution in [0.2, 0.25) is 0 Å². The molecular formula is C13H15NO3. The summed E-state index contributed by atoms with van der Waals surface area (Å²) >= 11 is 0. The second-order valence-corrected chi connectivity index (χ2v) is 4.31. The highest BCUT2D eigenvalue weighted by molar-refractivity contribution is 5.74. The van der Waals surface area contributed by atoms with Crippen LogP contribution in [0.3, 0.4) is 0 Å². The van der Waals surface area contributed by atoms with E-state index in [1.165, 1.54) is 19.4 Å². The predicted octanol–water partition coefficient (Wildman–Crippen LogP) is 1.60. The Balaban J connectivity index is 1.95. The first-order valence-corrected chi connectivity index (χ1v) is 5.62. The predicted molar refractivity (Wildman–Crippen MR) is 62.7 cm³/mol. The van der Waals surface area contributed by atoms with Gasteiger partial charge < -0.3 is 10.1 Å². The molecule has 1 aromatic carbocycles. The van der Waals surface area contributed by atoms with Crippen molar-refractivity contribution >= 4 is 11.9 Å². The van der Waals surface area contributed by atoms with Gasteiger partial charge in [0.05, 0.1) is 0 Å². The van der Waals surface area contributed by atoms with Gasteiger partial charge in [-0.3, -0.25) is 9.59 Å². The summed E-state index contributed by atoms with van der Waals surface area (Å²) in [7, 11) is 0. The molecule has 1 fully saturated rings. The molecule has 90 valence electrons. The molecule has 1 saturated carbocycles. The molecule has 4 heteroatoms. The first-order chi connectivity index (χ1) is 8.06. The van der Waals surface area contributed by atoms with Gasteiger partial charge >= 0.3 is 5.97 Å². The average Bonchev–Trinajstić information content (AvgIpc) is 2.96. The summed E-state index contributed by atoms with van der Waals surface area (Å²) in [6.45, 7) is 2.90. The standard InChI is InChI=1S/C13H15NO3/c1-8(15)14-13-7-12(13)10-3-5-11(6-4-10)17-9(2)16/h3-6,12-13H,7H2,1-2H3,(H,14,15)/t12-,13+/m1/s1. The Morgan fingerprint density at radius 3 is 2.41 bits per heavy atom. The molecule has 1 amide bonds. The summed E-state index contributed by atoms with van der Waals surface area (Å²) in [6, 6.07) is 7.68. The molecule has 2 atom stereocenters. The summed E-state index contributed by atoms with van der Waals surface area (Å²) in [5, 5.41) is 2.89. The largest absolute Gasteiger partial charge is 0.427 e. The van der Waals surface area contributed by atoms with E-state index >= 15 is 0 Å². The normalized spacial score (nSPS) is 21.8. The number of rotatable bonds is 3. The lowest BCUT2D eigenvalue weighted by atomic mass is 10.1. The Morgan fingerprint density at radius 2 is 1.88 bits per heavy atom. The Hall–Kier alpha value is -1.84. The fourth-order valence-electron chi connectivity index (χ4n) is 1.93. The van der Waals surface area contributed by atoms with Crippen LogP contribution in [-0.4, -0.2) is 17.9 Å². The van der Waals surface area contributed by atoms with E-state index in [1.54, 1.807) is 12.1 Å². The SMILES string of the molecule is CC(=O)N[C@H]1C[C@@H]1c1ccc(OC(C)=O)cc1. The summed E-state index contributed by atoms with van der Waals surface area (Å²) in [6.07, 6.45) is 0.979. The maximum Gasteiger partial charge on any atom is 0.308 e. The van der Waals surface area contributed by atoms with E-state index in [2.05, 4.69) is 5.32 Å². The number of carbonyl (C=O) groups is 2. The first kappa shape index (κ1) is 11.6. The smallest absolute Gasteiger partial charge is 0.308 e. The second-order valence-electron chi connectivity index (χ2n) is 4.31. The zero-order chi connectivity index (χ0) is 12.4. The van der Waals surface area contributed by atoms with Crippen LogP contribution in [-0.2, 0) is 9.59 Å². The molecule has 1 aromatic rings. The van der Waals surface area contributed by atoms with Crippen LogP contribution in [0.4, 0.5) is 0 Å². The summed E-state index contributed by atoms with van der Waals surface area (Å²) in [5.41, 5.74) is 1.17. The maximum absolute atomic E-state index is 10.9. The third kappa shape index (κ3) is 3.06. The van der Waals surface area contributed by atoms with E-state index < -0.39 is 0 Å². The summed E-state index contributed by atoms with van der Waals surface area (Å²) < 4.78 is 4.95. The van der Waals surface area contributed by atoms with Crippen molar-refractivity contribution in [3.05, 3.63) is 29.8 Å². The molecule has 0 bridgehead atoms. The monoisotopic (exact) mass is 233 g/mol. The van der Waals surface area contributed by atoms with E-state index in [0.29, 0.717) is 11.7 Å². The summed E-state index contributed by atoms with van der Waals surface area (Å²) in [4.78, 5) is 21.6. The Bertz CT molecular complexity index is 438. The van der Waals surface area contributed by atoms with Gasteiger partial charge in [-0.15, -0.1) is 0 Å². The van der Waals surface area contributed by atoms with Gasteiger partial charge in [0.2, 0.25) is 5.91 Å². The number of hydrogen-bond donors (Lipinski definition) is 1. The van der Waals surface area contributed by atoms with E-state index in [-0.39, 0.29) is 17.9 Å². The fourth-order valence-corrected chi connectivity index (χ4v) is 1.93. The molecule has 1 N–H and O–H groups in total. The lowest BCUT2D eigenvalue weighted by Crippen LogP contribution is -2.23. The minimum absolute atomic E-state index is 0.00836. The average molecular weight is 233 g/mol. The van der Waals surface area contributed by atoms with Gasteiger partial charge in [-0.25, -0.2) is 0 Å². The number of ether oxygens (including phenoxy) is 1. The minimum atomic E-state index is -0.319. The van der Waals surface area contributed by atoms with E-state index in [0.717, 1.165) is 6.42 Å². The zero-order valence-corrected chi connectivity index (χ0v) is 9.90. The highest BCUT2D eigenvalue weighted by atomic mass is 16.5. The van der Waals surface area contributed by atoms with Crippen LogP contribution in [0, 0.1) is 0 Å². The van der Waals surface area contributed by atoms with E-state index in [4.69, 9.17) is 4.74 Å². The molecule has 2 rings (SSSR count). The Kier molecular flexibility index (Phi) is 3.13. The van der Waals surface area contributed by atoms with Gasteiger partial charge in [-0.05, 0) is 24.1 Å². The second kappa shape index (κ2) is 4.57. The first-order valence-electron chi connectivity index (χ1n) is 5.62. The van der Waals surface area contributed by atoms with Crippen molar-refractivity contribution < 1.29 is 14.3 Å². The highest BCUT2D eigenvalue weighted by Crippen LogP contribution is 2.41. The molecule has 1 aliphatic carbocycles. The van der Waals surface area contributed by atoms with E-state index in [9.17, 15) is 9.59 Å². The van der Waals surface area contributed by atoms with Gasteiger partial charge in [-0.1, -0.05) is 12.1 Å². The van der Waals surface area contributed by atoms with Crippen LogP contribution in [0.5, 0.6) is 5.75 Å². The minimum Gasteiger partial charge on any atom is -0.427 e. The number of benzene rings is 1. The van der Waals surface area contributed by atoms with Crippen molar-refractivity contribution in [2.45, 2.75) is 32.2 Å². The van der Waals surface area contributed by atoms with Crippen LogP contribution >= 0.6 is 0 Å². The molecule has 1 aliphatic rings. The number of esters is 1. The molecule has 0 spiro atoms. The molecule has 0 heterocycles. The molecule has 0 radical (unpaired) electrons. The molecule has 0 unspecified atom stereocenters. The van der Waals surface area contributed by atoms with Gasteiger partial charge in [0.25, 0.3) is 0 Å². The van der Waals surface area contributed by atoms with Gasteiger partial charge in [0.15, 0.2) is 0 Å². The van der Waals surface area contributed by atoms with E-state index in [1.807, 2.05) is 12.1 Å². The van der Waals surface area contributed by atoms with Gasteiger partial charge in [-0.2, -0.15) is 0 Å². The fraction of sp³-hybridized carbons (Fsp3) is 0.385. The zero-order valence-electron chi connectivity index (χ0n) is 9.90. The van der Waals surface area contributed by atoms with Crippen LogP contribution in [0.1, 0.15) is 31.7 Å². The van der Waals surface area contributed by atoms with Crippen molar-refractivity contribution in [3.63, 3.8) is 0 Å². The van der Waals surface area contributed by atoms with Crippen molar-refractivity contribution in [1.29, 1.82) is 0 Å². The molecule has 17 heavy (non-hydrogen) atoms. The van der Waals surface area contributed by atoms with Gasteiger partial charge in [0.1, 0.15) is 5.75 Å². The third-order valence-electron chi connectivity index (χ3n) is 2.75. The number of hydrogen-bond acceptors (Lipinski definition) is 3. The number of nitrogens with one attached hydrogen (secondary N) is 1. The number of carbonyl (C=O) groups excluding carboxylic acids is 2. The topological polar surface area (TPSA) is 55.4 Å². The maximum atomic E-state index is 10.9. The van der Waals surface area contributed by atoms with Crippen molar-refractivity contribution in [1.82, 2.24) is 5.32 Å². The molecule has 0 aromatic heterocycles. The number of amides is 1. The van der Waals surface area contributed by atoms with Crippen LogP contribution in [0.15, 0.2) is 24.3 Å². The van der Waals surface area contributed by atoms with Crippen LogP contribution in [0.25, 0.3) is 0 Å².